The number of nitrogens with zero attached hydrogens (tertiary/aromatic N) is 1. The predicted octanol–water partition coefficient (Wildman–Crippen LogP) is 1.60. The van der Waals surface area contributed by atoms with Gasteiger partial charge in [0.2, 0.25) is 5.91 Å². The topological polar surface area (TPSA) is 49.4 Å². The van der Waals surface area contributed by atoms with Gasteiger partial charge in [-0.15, -0.1) is 0 Å². The molecule has 0 aliphatic rings. The van der Waals surface area contributed by atoms with Crippen molar-refractivity contribution in [3.63, 3.8) is 0 Å². The Labute approximate surface area is 116 Å². The van der Waals surface area contributed by atoms with E-state index in [9.17, 15) is 18.4 Å². The van der Waals surface area contributed by atoms with Crippen LogP contribution in [0.4, 0.5) is 8.78 Å². The first kappa shape index (κ1) is 16.2. The molecule has 1 amide bonds. The second-order valence-corrected chi connectivity index (χ2v) is 4.53. The van der Waals surface area contributed by atoms with Crippen LogP contribution in [0.2, 0.25) is 0 Å². The minimum absolute atomic E-state index is 0.0313. The van der Waals surface area contributed by atoms with Crippen molar-refractivity contribution in [1.82, 2.24) is 10.2 Å². The van der Waals surface area contributed by atoms with Crippen LogP contribution in [-0.2, 0) is 4.79 Å². The highest BCUT2D eigenvalue weighted by Crippen LogP contribution is 2.13. The monoisotopic (exact) mass is 284 g/mol. The Morgan fingerprint density at radius 3 is 2.55 bits per heavy atom. The van der Waals surface area contributed by atoms with Gasteiger partial charge in [-0.1, -0.05) is 0 Å². The van der Waals surface area contributed by atoms with Crippen LogP contribution < -0.4 is 5.32 Å². The molecule has 110 valence electrons. The van der Waals surface area contributed by atoms with E-state index in [4.69, 9.17) is 0 Å². The number of hydrogen-bond acceptors (Lipinski definition) is 3. The van der Waals surface area contributed by atoms with Gasteiger partial charge in [-0.25, -0.2) is 8.78 Å². The number of carbonyl (C=O) groups excluding carboxylic acids is 2. The fraction of sp³-hybridized carbons (Fsp3) is 0.429. The Hall–Kier alpha value is -1.82. The van der Waals surface area contributed by atoms with Gasteiger partial charge in [-0.2, -0.15) is 0 Å². The molecule has 1 N–H and O–H groups in total. The third-order valence-corrected chi connectivity index (χ3v) is 3.00. The Morgan fingerprint density at radius 2 is 2.00 bits per heavy atom. The summed E-state index contributed by atoms with van der Waals surface area (Å²) in [6, 6.07) is 2.14. The molecular weight excluding hydrogens is 266 g/mol. The number of nitrogens with one attached hydrogen (secondary N) is 1. The highest BCUT2D eigenvalue weighted by Gasteiger charge is 2.23. The lowest BCUT2D eigenvalue weighted by molar-refractivity contribution is -0.122. The lowest BCUT2D eigenvalue weighted by Gasteiger charge is -2.23. The molecule has 0 aliphatic heterocycles. The molecule has 1 rings (SSSR count). The van der Waals surface area contributed by atoms with Gasteiger partial charge in [0.05, 0.1) is 18.2 Å². The summed E-state index contributed by atoms with van der Waals surface area (Å²) in [6.07, 6.45) is 0. The summed E-state index contributed by atoms with van der Waals surface area (Å²) >= 11 is 0. The second kappa shape index (κ2) is 7.09. The van der Waals surface area contributed by atoms with Gasteiger partial charge in [0.15, 0.2) is 5.78 Å². The molecule has 0 aliphatic carbocycles. The van der Waals surface area contributed by atoms with Crippen LogP contribution in [0.25, 0.3) is 0 Å². The lowest BCUT2D eigenvalue weighted by atomic mass is 10.0. The van der Waals surface area contributed by atoms with Crippen molar-refractivity contribution in [2.75, 3.05) is 20.1 Å². The van der Waals surface area contributed by atoms with Crippen LogP contribution in [0.3, 0.4) is 0 Å². The highest BCUT2D eigenvalue weighted by molar-refractivity contribution is 6.00. The minimum Gasteiger partial charge on any atom is -0.355 e. The lowest BCUT2D eigenvalue weighted by Crippen LogP contribution is -2.43. The number of benzene rings is 1. The molecule has 0 spiro atoms. The van der Waals surface area contributed by atoms with Gasteiger partial charge in [-0.3, -0.25) is 14.5 Å². The van der Waals surface area contributed by atoms with E-state index in [1.54, 1.807) is 20.9 Å². The van der Waals surface area contributed by atoms with Gasteiger partial charge in [0.25, 0.3) is 0 Å². The maximum Gasteiger partial charge on any atom is 0.234 e. The van der Waals surface area contributed by atoms with Crippen molar-refractivity contribution in [1.29, 1.82) is 0 Å². The van der Waals surface area contributed by atoms with E-state index in [-0.39, 0.29) is 18.0 Å². The summed E-state index contributed by atoms with van der Waals surface area (Å²) in [4.78, 5) is 25.1. The molecule has 0 saturated carbocycles. The molecule has 0 bridgehead atoms. The largest absolute Gasteiger partial charge is 0.355 e. The third-order valence-electron chi connectivity index (χ3n) is 3.00. The van der Waals surface area contributed by atoms with Crippen LogP contribution in [0.15, 0.2) is 18.2 Å². The summed E-state index contributed by atoms with van der Waals surface area (Å²) in [5.74, 6) is -2.33. The smallest absolute Gasteiger partial charge is 0.234 e. The third kappa shape index (κ3) is 4.09. The van der Waals surface area contributed by atoms with Crippen molar-refractivity contribution >= 4 is 11.7 Å². The maximum absolute atomic E-state index is 13.5. The number of hydrogen-bond donors (Lipinski definition) is 1. The van der Waals surface area contributed by atoms with Gasteiger partial charge in [-0.05, 0) is 33.0 Å². The molecule has 1 atom stereocenters. The van der Waals surface area contributed by atoms with Crippen molar-refractivity contribution in [3.8, 4) is 0 Å². The van der Waals surface area contributed by atoms with Gasteiger partial charge >= 0.3 is 0 Å². The Balaban J connectivity index is 2.78. The van der Waals surface area contributed by atoms with E-state index in [0.717, 1.165) is 12.1 Å². The summed E-state index contributed by atoms with van der Waals surface area (Å²) in [6.45, 7) is 3.90. The molecule has 1 aromatic carbocycles. The van der Waals surface area contributed by atoms with Crippen molar-refractivity contribution in [2.24, 2.45) is 0 Å². The second-order valence-electron chi connectivity index (χ2n) is 4.53. The SMILES string of the molecule is CCNC(=O)CN(C)C(C)C(=O)c1ccc(F)cc1F. The number of carbonyl (C=O) groups is 2. The zero-order chi connectivity index (χ0) is 15.3. The van der Waals surface area contributed by atoms with E-state index in [1.165, 1.54) is 4.90 Å². The number of Topliss-reactive ketones (excluding diaryl/α,β-unsaturated/α-hetero) is 1. The van der Waals surface area contributed by atoms with Crippen LogP contribution in [0.5, 0.6) is 0 Å². The normalized spacial score (nSPS) is 12.3. The average Bonchev–Trinajstić information content (AvgIpc) is 2.37. The van der Waals surface area contributed by atoms with Gasteiger partial charge in [0, 0.05) is 12.6 Å². The van der Waals surface area contributed by atoms with Crippen molar-refractivity contribution in [3.05, 3.63) is 35.4 Å². The van der Waals surface area contributed by atoms with Crippen LogP contribution in [-0.4, -0.2) is 42.8 Å². The molecular formula is C14H18F2N2O2. The molecule has 6 heteroatoms. The minimum atomic E-state index is -0.895. The van der Waals surface area contributed by atoms with Crippen LogP contribution >= 0.6 is 0 Å². The zero-order valence-corrected chi connectivity index (χ0v) is 11.7. The fourth-order valence-corrected chi connectivity index (χ4v) is 1.73. The summed E-state index contributed by atoms with van der Waals surface area (Å²) in [5, 5.41) is 2.61. The number of likely N-dealkylation sites (N-methyl/N-ethyl adjacent to an activating group) is 2. The molecule has 0 fully saturated rings. The molecule has 0 heterocycles. The molecule has 20 heavy (non-hydrogen) atoms. The fourth-order valence-electron chi connectivity index (χ4n) is 1.73. The van der Waals surface area contributed by atoms with E-state index in [2.05, 4.69) is 5.32 Å². The molecule has 0 saturated heterocycles. The van der Waals surface area contributed by atoms with Gasteiger partial charge < -0.3 is 5.32 Å². The summed E-state index contributed by atoms with van der Waals surface area (Å²) < 4.78 is 26.4. The number of amides is 1. The van der Waals surface area contributed by atoms with E-state index in [0.29, 0.717) is 12.6 Å². The highest BCUT2D eigenvalue weighted by atomic mass is 19.1. The first-order valence-electron chi connectivity index (χ1n) is 6.33. The molecule has 4 nitrogen and oxygen atoms in total. The first-order chi connectivity index (χ1) is 9.36. The van der Waals surface area contributed by atoms with Crippen molar-refractivity contribution in [2.45, 2.75) is 19.9 Å². The standard InChI is InChI=1S/C14H18F2N2O2/c1-4-17-13(19)8-18(3)9(2)14(20)11-6-5-10(15)7-12(11)16/h5-7,9H,4,8H2,1-3H3,(H,17,19). The van der Waals surface area contributed by atoms with Crippen molar-refractivity contribution < 1.29 is 18.4 Å². The summed E-state index contributed by atoms with van der Waals surface area (Å²) in [7, 11) is 1.60. The van der Waals surface area contributed by atoms with E-state index < -0.39 is 23.5 Å². The number of rotatable bonds is 6. The Morgan fingerprint density at radius 1 is 1.35 bits per heavy atom. The number of ketones is 1. The van der Waals surface area contributed by atoms with E-state index in [1.807, 2.05) is 0 Å². The summed E-state index contributed by atoms with van der Waals surface area (Å²) in [5.41, 5.74) is -0.179. The zero-order valence-electron chi connectivity index (χ0n) is 11.7. The maximum atomic E-state index is 13.5. The van der Waals surface area contributed by atoms with Crippen LogP contribution in [0.1, 0.15) is 24.2 Å². The van der Waals surface area contributed by atoms with Gasteiger partial charge in [0.1, 0.15) is 11.6 Å². The van der Waals surface area contributed by atoms with E-state index >= 15 is 0 Å². The van der Waals surface area contributed by atoms with Crippen LogP contribution in [0, 0.1) is 11.6 Å². The average molecular weight is 284 g/mol. The number of halogens is 2. The molecule has 1 unspecified atom stereocenters. The molecule has 0 aromatic heterocycles. The Bertz CT molecular complexity index is 506. The Kier molecular flexibility index (Phi) is 5.76. The quantitative estimate of drug-likeness (QED) is 0.807. The first-order valence-corrected chi connectivity index (χ1v) is 6.33. The molecule has 1 aromatic rings. The predicted molar refractivity (Wildman–Crippen MR) is 71.5 cm³/mol. The molecule has 0 radical (unpaired) electrons.